The Balaban J connectivity index is 1.66. The lowest BCUT2D eigenvalue weighted by Crippen LogP contribution is -2.04. The highest BCUT2D eigenvalue weighted by Gasteiger charge is 2.01. The topological polar surface area (TPSA) is 49.8 Å². The third kappa shape index (κ3) is 4.68. The fourth-order valence-corrected chi connectivity index (χ4v) is 2.53. The van der Waals surface area contributed by atoms with E-state index in [2.05, 4.69) is 36.5 Å². The molecular formula is C17H14BrClN4. The molecule has 0 radical (unpaired) electrons. The van der Waals surface area contributed by atoms with E-state index >= 15 is 0 Å². The monoisotopic (exact) mass is 388 g/mol. The molecule has 0 fully saturated rings. The Morgan fingerprint density at radius 2 is 1.87 bits per heavy atom. The number of aromatic nitrogens is 2. The van der Waals surface area contributed by atoms with E-state index in [-0.39, 0.29) is 0 Å². The molecule has 0 aliphatic heterocycles. The number of anilines is 3. The molecule has 0 saturated heterocycles. The quantitative estimate of drug-likeness (QED) is 0.626. The minimum atomic E-state index is 0.546. The van der Waals surface area contributed by atoms with E-state index in [9.17, 15) is 0 Å². The van der Waals surface area contributed by atoms with Gasteiger partial charge in [0.2, 0.25) is 5.95 Å². The third-order valence-electron chi connectivity index (χ3n) is 3.12. The van der Waals surface area contributed by atoms with Crippen LogP contribution in [-0.4, -0.2) is 9.97 Å². The molecule has 3 rings (SSSR count). The lowest BCUT2D eigenvalue weighted by molar-refractivity contribution is 1.08. The molecule has 0 atom stereocenters. The van der Waals surface area contributed by atoms with Gasteiger partial charge in [-0.2, -0.15) is 4.98 Å². The van der Waals surface area contributed by atoms with E-state index in [1.54, 1.807) is 6.20 Å². The molecule has 6 heteroatoms. The zero-order valence-electron chi connectivity index (χ0n) is 12.1. The normalized spacial score (nSPS) is 10.3. The molecular weight excluding hydrogens is 376 g/mol. The van der Waals surface area contributed by atoms with Crippen molar-refractivity contribution in [3.63, 3.8) is 0 Å². The van der Waals surface area contributed by atoms with Crippen molar-refractivity contribution in [2.24, 2.45) is 0 Å². The van der Waals surface area contributed by atoms with Crippen LogP contribution in [-0.2, 0) is 6.54 Å². The highest BCUT2D eigenvalue weighted by Crippen LogP contribution is 2.19. The second-order valence-corrected chi connectivity index (χ2v) is 6.23. The summed E-state index contributed by atoms with van der Waals surface area (Å²) in [6.45, 7) is 0.671. The van der Waals surface area contributed by atoms with Crippen LogP contribution >= 0.6 is 27.5 Å². The highest BCUT2D eigenvalue weighted by atomic mass is 79.9. The predicted octanol–water partition coefficient (Wildman–Crippen LogP) is 5.25. The molecule has 23 heavy (non-hydrogen) atoms. The standard InChI is InChI=1S/C17H14BrClN4/c18-13-2-1-3-15(10-13)22-17-20-9-8-16(23-17)21-11-12-4-6-14(19)7-5-12/h1-10H,11H2,(H2,20,21,22,23). The zero-order chi connectivity index (χ0) is 16.1. The molecule has 0 unspecified atom stereocenters. The van der Waals surface area contributed by atoms with E-state index in [4.69, 9.17) is 11.6 Å². The molecule has 1 aromatic heterocycles. The van der Waals surface area contributed by atoms with Gasteiger partial charge in [-0.25, -0.2) is 4.98 Å². The summed E-state index contributed by atoms with van der Waals surface area (Å²) < 4.78 is 1.000. The first-order valence-electron chi connectivity index (χ1n) is 7.03. The van der Waals surface area contributed by atoms with Gasteiger partial charge in [-0.05, 0) is 42.0 Å². The van der Waals surface area contributed by atoms with Gasteiger partial charge in [-0.1, -0.05) is 45.7 Å². The Hall–Kier alpha value is -2.11. The van der Waals surface area contributed by atoms with Crippen molar-refractivity contribution in [2.45, 2.75) is 6.54 Å². The number of rotatable bonds is 5. The van der Waals surface area contributed by atoms with Crippen molar-refractivity contribution < 1.29 is 0 Å². The van der Waals surface area contributed by atoms with Crippen LogP contribution in [0.4, 0.5) is 17.5 Å². The lowest BCUT2D eigenvalue weighted by atomic mass is 10.2. The Bertz CT molecular complexity index is 793. The summed E-state index contributed by atoms with van der Waals surface area (Å²) in [6.07, 6.45) is 1.72. The second kappa shape index (κ2) is 7.44. The van der Waals surface area contributed by atoms with Gasteiger partial charge in [0.05, 0.1) is 0 Å². The number of benzene rings is 2. The largest absolute Gasteiger partial charge is 0.366 e. The fourth-order valence-electron chi connectivity index (χ4n) is 2.01. The Kier molecular flexibility index (Phi) is 5.10. The van der Waals surface area contributed by atoms with Crippen LogP contribution in [0, 0.1) is 0 Å². The summed E-state index contributed by atoms with van der Waals surface area (Å²) in [5.74, 6) is 1.30. The van der Waals surface area contributed by atoms with E-state index < -0.39 is 0 Å². The zero-order valence-corrected chi connectivity index (χ0v) is 14.5. The maximum atomic E-state index is 5.89. The molecule has 1 heterocycles. The summed E-state index contributed by atoms with van der Waals surface area (Å²) in [5.41, 5.74) is 2.06. The molecule has 116 valence electrons. The van der Waals surface area contributed by atoms with Crippen LogP contribution in [0.25, 0.3) is 0 Å². The number of halogens is 2. The van der Waals surface area contributed by atoms with Gasteiger partial charge in [0.1, 0.15) is 5.82 Å². The van der Waals surface area contributed by atoms with Crippen molar-refractivity contribution in [3.05, 3.63) is 75.9 Å². The first-order valence-corrected chi connectivity index (χ1v) is 8.20. The molecule has 0 spiro atoms. The van der Waals surface area contributed by atoms with Gasteiger partial charge < -0.3 is 10.6 Å². The number of hydrogen-bond donors (Lipinski definition) is 2. The first-order chi connectivity index (χ1) is 11.2. The van der Waals surface area contributed by atoms with Crippen LogP contribution in [0.1, 0.15) is 5.56 Å². The Morgan fingerprint density at radius 1 is 1.04 bits per heavy atom. The van der Waals surface area contributed by atoms with Crippen molar-refractivity contribution in [1.82, 2.24) is 9.97 Å². The van der Waals surface area contributed by atoms with E-state index in [0.717, 1.165) is 26.6 Å². The molecule has 0 saturated carbocycles. The maximum Gasteiger partial charge on any atom is 0.229 e. The minimum Gasteiger partial charge on any atom is -0.366 e. The van der Waals surface area contributed by atoms with Crippen molar-refractivity contribution in [3.8, 4) is 0 Å². The number of nitrogens with zero attached hydrogens (tertiary/aromatic N) is 2. The summed E-state index contributed by atoms with van der Waals surface area (Å²) in [5, 5.41) is 7.19. The molecule has 0 aliphatic carbocycles. The van der Waals surface area contributed by atoms with E-state index in [1.165, 1.54) is 0 Å². The van der Waals surface area contributed by atoms with Crippen molar-refractivity contribution in [2.75, 3.05) is 10.6 Å². The minimum absolute atomic E-state index is 0.546. The smallest absolute Gasteiger partial charge is 0.229 e. The molecule has 3 aromatic rings. The van der Waals surface area contributed by atoms with Gasteiger partial charge in [0, 0.05) is 27.9 Å². The molecule has 0 aliphatic rings. The lowest BCUT2D eigenvalue weighted by Gasteiger charge is -2.09. The molecule has 0 amide bonds. The predicted molar refractivity (Wildman–Crippen MR) is 98.2 cm³/mol. The maximum absolute atomic E-state index is 5.89. The summed E-state index contributed by atoms with van der Waals surface area (Å²) in [6, 6.07) is 17.4. The summed E-state index contributed by atoms with van der Waals surface area (Å²) in [7, 11) is 0. The SMILES string of the molecule is Clc1ccc(CNc2ccnc(Nc3cccc(Br)c3)n2)cc1. The first kappa shape index (κ1) is 15.8. The van der Waals surface area contributed by atoms with Crippen molar-refractivity contribution >= 4 is 45.0 Å². The number of nitrogens with one attached hydrogen (secondary N) is 2. The summed E-state index contributed by atoms with van der Waals surface area (Å²) in [4.78, 5) is 8.69. The average molecular weight is 390 g/mol. The fraction of sp³-hybridized carbons (Fsp3) is 0.0588. The van der Waals surface area contributed by atoms with E-state index in [0.29, 0.717) is 12.5 Å². The van der Waals surface area contributed by atoms with Gasteiger partial charge >= 0.3 is 0 Å². The van der Waals surface area contributed by atoms with Gasteiger partial charge in [0.15, 0.2) is 0 Å². The second-order valence-electron chi connectivity index (χ2n) is 4.88. The Labute approximate surface area is 148 Å². The molecule has 2 N–H and O–H groups in total. The van der Waals surface area contributed by atoms with Crippen LogP contribution in [0.15, 0.2) is 65.3 Å². The molecule has 2 aromatic carbocycles. The highest BCUT2D eigenvalue weighted by molar-refractivity contribution is 9.10. The van der Waals surface area contributed by atoms with Gasteiger partial charge in [0.25, 0.3) is 0 Å². The van der Waals surface area contributed by atoms with Gasteiger partial charge in [-0.3, -0.25) is 0 Å². The Morgan fingerprint density at radius 3 is 2.65 bits per heavy atom. The van der Waals surface area contributed by atoms with Gasteiger partial charge in [-0.15, -0.1) is 0 Å². The summed E-state index contributed by atoms with van der Waals surface area (Å²) >= 11 is 9.33. The molecule has 0 bridgehead atoms. The average Bonchev–Trinajstić information content (AvgIpc) is 2.55. The van der Waals surface area contributed by atoms with Crippen molar-refractivity contribution in [1.29, 1.82) is 0 Å². The van der Waals surface area contributed by atoms with E-state index in [1.807, 2.05) is 54.6 Å². The number of hydrogen-bond acceptors (Lipinski definition) is 4. The van der Waals surface area contributed by atoms with Crippen LogP contribution in [0.2, 0.25) is 5.02 Å². The molecule has 4 nitrogen and oxygen atoms in total. The van der Waals surface area contributed by atoms with Crippen LogP contribution in [0.3, 0.4) is 0 Å². The van der Waals surface area contributed by atoms with Crippen LogP contribution < -0.4 is 10.6 Å². The third-order valence-corrected chi connectivity index (χ3v) is 3.87. The van der Waals surface area contributed by atoms with Crippen LogP contribution in [0.5, 0.6) is 0 Å².